The highest BCUT2D eigenvalue weighted by Gasteiger charge is 2.44. The number of hydrogen-bond donors (Lipinski definition) is 1. The molecule has 1 N–H and O–H groups in total. The fraction of sp³-hybridized carbons (Fsp3) is 0.909. The molecule has 0 radical (unpaired) electrons. The van der Waals surface area contributed by atoms with E-state index in [0.29, 0.717) is 11.8 Å². The van der Waals surface area contributed by atoms with E-state index >= 15 is 0 Å². The normalized spacial score (nSPS) is 37.4. The van der Waals surface area contributed by atoms with Gasteiger partial charge in [0.2, 0.25) is 0 Å². The summed E-state index contributed by atoms with van der Waals surface area (Å²) in [4.78, 5) is 13.0. The number of aliphatic carboxylic acids is 1. The van der Waals surface area contributed by atoms with Crippen LogP contribution < -0.4 is 0 Å². The zero-order chi connectivity index (χ0) is 9.42. The predicted octanol–water partition coefficient (Wildman–Crippen LogP) is 1.83. The van der Waals surface area contributed by atoms with E-state index in [4.69, 9.17) is 5.11 Å². The average molecular weight is 199 g/mol. The first-order valence-corrected chi connectivity index (χ1v) is 5.13. The molecule has 0 aromatic carbocycles. The minimum absolute atomic E-state index is 0. The molecule has 1 aliphatic carbocycles. The Balaban J connectivity index is 0.000000980. The maximum Gasteiger partial charge on any atom is 0.321 e. The van der Waals surface area contributed by atoms with Crippen molar-refractivity contribution in [3.05, 3.63) is 0 Å². The SMILES string of the molecule is C.CN1C[C@@H]2CCCC[C@@H]2[C@@H]1C(=O)O. The lowest BCUT2D eigenvalue weighted by atomic mass is 9.78. The van der Waals surface area contributed by atoms with Crippen molar-refractivity contribution in [3.63, 3.8) is 0 Å². The van der Waals surface area contributed by atoms with Crippen molar-refractivity contribution >= 4 is 5.97 Å². The number of carboxylic acids is 1. The van der Waals surface area contributed by atoms with Crippen molar-refractivity contribution in [2.24, 2.45) is 11.8 Å². The Morgan fingerprint density at radius 3 is 2.64 bits per heavy atom. The first-order valence-electron chi connectivity index (χ1n) is 5.13. The summed E-state index contributed by atoms with van der Waals surface area (Å²) < 4.78 is 0. The molecule has 82 valence electrons. The van der Waals surface area contributed by atoms with Gasteiger partial charge in [-0.3, -0.25) is 9.69 Å². The topological polar surface area (TPSA) is 40.5 Å². The Bertz CT molecular complexity index is 217. The summed E-state index contributed by atoms with van der Waals surface area (Å²) in [7, 11) is 1.94. The monoisotopic (exact) mass is 199 g/mol. The molecule has 0 amide bonds. The lowest BCUT2D eigenvalue weighted by molar-refractivity contribution is -0.143. The van der Waals surface area contributed by atoms with Crippen LogP contribution in [0.25, 0.3) is 0 Å². The molecule has 3 atom stereocenters. The third-order valence-corrected chi connectivity index (χ3v) is 3.62. The molecule has 3 heteroatoms. The van der Waals surface area contributed by atoms with E-state index in [1.165, 1.54) is 19.3 Å². The summed E-state index contributed by atoms with van der Waals surface area (Å²) >= 11 is 0. The summed E-state index contributed by atoms with van der Waals surface area (Å²) in [5.74, 6) is 0.452. The van der Waals surface area contributed by atoms with Crippen LogP contribution in [0.5, 0.6) is 0 Å². The van der Waals surface area contributed by atoms with E-state index in [1.807, 2.05) is 11.9 Å². The van der Waals surface area contributed by atoms with Crippen LogP contribution in [0.3, 0.4) is 0 Å². The van der Waals surface area contributed by atoms with Gasteiger partial charge in [0.1, 0.15) is 6.04 Å². The first kappa shape index (κ1) is 11.5. The molecule has 3 nitrogen and oxygen atoms in total. The van der Waals surface area contributed by atoms with Crippen molar-refractivity contribution in [1.82, 2.24) is 4.90 Å². The Hall–Kier alpha value is -0.570. The van der Waals surface area contributed by atoms with E-state index in [0.717, 1.165) is 13.0 Å². The van der Waals surface area contributed by atoms with Crippen LogP contribution in [0.15, 0.2) is 0 Å². The van der Waals surface area contributed by atoms with Crippen molar-refractivity contribution < 1.29 is 9.90 Å². The Morgan fingerprint density at radius 1 is 1.36 bits per heavy atom. The molecule has 0 bridgehead atoms. The predicted molar refractivity (Wildman–Crippen MR) is 56.2 cm³/mol. The molecule has 0 unspecified atom stereocenters. The first-order chi connectivity index (χ1) is 6.20. The van der Waals surface area contributed by atoms with Gasteiger partial charge in [-0.1, -0.05) is 20.3 Å². The third-order valence-electron chi connectivity index (χ3n) is 3.62. The average Bonchev–Trinajstić information content (AvgIpc) is 2.39. The highest BCUT2D eigenvalue weighted by atomic mass is 16.4. The van der Waals surface area contributed by atoms with Gasteiger partial charge < -0.3 is 5.11 Å². The Labute approximate surface area is 86.1 Å². The van der Waals surface area contributed by atoms with Gasteiger partial charge in [0.15, 0.2) is 0 Å². The van der Waals surface area contributed by atoms with Gasteiger partial charge in [-0.15, -0.1) is 0 Å². The number of hydrogen-bond acceptors (Lipinski definition) is 2. The van der Waals surface area contributed by atoms with E-state index in [-0.39, 0.29) is 13.5 Å². The van der Waals surface area contributed by atoms with Gasteiger partial charge >= 0.3 is 5.97 Å². The highest BCUT2D eigenvalue weighted by molar-refractivity contribution is 5.74. The number of carboxylic acid groups (broad SMARTS) is 1. The second kappa shape index (κ2) is 4.30. The number of carbonyl (C=O) groups is 1. The van der Waals surface area contributed by atoms with Gasteiger partial charge in [0, 0.05) is 6.54 Å². The second-order valence-electron chi connectivity index (χ2n) is 4.43. The van der Waals surface area contributed by atoms with Crippen molar-refractivity contribution in [3.8, 4) is 0 Å². The second-order valence-corrected chi connectivity index (χ2v) is 4.43. The minimum Gasteiger partial charge on any atom is -0.480 e. The summed E-state index contributed by atoms with van der Waals surface area (Å²) in [6.45, 7) is 0.988. The maximum atomic E-state index is 11.0. The molecule has 1 saturated heterocycles. The molecular weight excluding hydrogens is 178 g/mol. The summed E-state index contributed by atoms with van der Waals surface area (Å²) in [5, 5.41) is 9.08. The van der Waals surface area contributed by atoms with Crippen LogP contribution in [0.4, 0.5) is 0 Å². The van der Waals surface area contributed by atoms with E-state index in [2.05, 4.69) is 0 Å². The van der Waals surface area contributed by atoms with Gasteiger partial charge in [-0.05, 0) is 31.7 Å². The zero-order valence-electron chi connectivity index (χ0n) is 8.07. The van der Waals surface area contributed by atoms with E-state index in [1.54, 1.807) is 0 Å². The van der Waals surface area contributed by atoms with Gasteiger partial charge in [0.25, 0.3) is 0 Å². The van der Waals surface area contributed by atoms with Crippen LogP contribution in [-0.2, 0) is 4.79 Å². The Kier molecular flexibility index (Phi) is 3.53. The highest BCUT2D eigenvalue weighted by Crippen LogP contribution is 2.39. The molecule has 2 aliphatic rings. The molecule has 1 saturated carbocycles. The van der Waals surface area contributed by atoms with Crippen molar-refractivity contribution in [2.75, 3.05) is 13.6 Å². The fourth-order valence-electron chi connectivity index (χ4n) is 3.06. The van der Waals surface area contributed by atoms with Gasteiger partial charge in [-0.25, -0.2) is 0 Å². The van der Waals surface area contributed by atoms with Crippen LogP contribution in [0, 0.1) is 11.8 Å². The zero-order valence-corrected chi connectivity index (χ0v) is 8.07. The Morgan fingerprint density at radius 2 is 2.00 bits per heavy atom. The van der Waals surface area contributed by atoms with Gasteiger partial charge in [-0.2, -0.15) is 0 Å². The summed E-state index contributed by atoms with van der Waals surface area (Å²) in [5.41, 5.74) is 0. The van der Waals surface area contributed by atoms with Crippen molar-refractivity contribution in [2.45, 2.75) is 39.2 Å². The maximum absolute atomic E-state index is 11.0. The quantitative estimate of drug-likeness (QED) is 0.700. The fourth-order valence-corrected chi connectivity index (χ4v) is 3.06. The molecule has 1 aliphatic heterocycles. The number of rotatable bonds is 1. The molecular formula is C11H21NO2. The largest absolute Gasteiger partial charge is 0.480 e. The number of nitrogens with zero attached hydrogens (tertiary/aromatic N) is 1. The molecule has 2 fully saturated rings. The van der Waals surface area contributed by atoms with Crippen LogP contribution >= 0.6 is 0 Å². The van der Waals surface area contributed by atoms with Crippen molar-refractivity contribution in [1.29, 1.82) is 0 Å². The van der Waals surface area contributed by atoms with Crippen LogP contribution in [-0.4, -0.2) is 35.6 Å². The van der Waals surface area contributed by atoms with E-state index in [9.17, 15) is 4.79 Å². The molecule has 0 aromatic rings. The number of likely N-dealkylation sites (tertiary alicyclic amines) is 1. The minimum atomic E-state index is -0.628. The molecule has 0 aromatic heterocycles. The number of fused-ring (bicyclic) bond motifs is 1. The summed E-state index contributed by atoms with van der Waals surface area (Å²) in [6, 6.07) is -0.203. The molecule has 2 rings (SSSR count). The standard InChI is InChI=1S/C10H17NO2.CH4/c1-11-6-7-4-2-3-5-8(7)9(11)10(12)13;/h7-9H,2-6H2,1H3,(H,12,13);1H4/t7-,8-,9+;/m0./s1. The molecule has 14 heavy (non-hydrogen) atoms. The molecule has 1 heterocycles. The van der Waals surface area contributed by atoms with Crippen LogP contribution in [0.1, 0.15) is 33.1 Å². The van der Waals surface area contributed by atoms with E-state index < -0.39 is 5.97 Å². The lowest BCUT2D eigenvalue weighted by Crippen LogP contribution is -2.37. The summed E-state index contributed by atoms with van der Waals surface area (Å²) in [6.07, 6.45) is 4.87. The smallest absolute Gasteiger partial charge is 0.321 e. The van der Waals surface area contributed by atoms with Gasteiger partial charge in [0.05, 0.1) is 0 Å². The molecule has 0 spiro atoms. The lowest BCUT2D eigenvalue weighted by Gasteiger charge is -2.26. The third kappa shape index (κ3) is 1.78. The van der Waals surface area contributed by atoms with Crippen LogP contribution in [0.2, 0.25) is 0 Å². The number of likely N-dealkylation sites (N-methyl/N-ethyl adjacent to an activating group) is 1.